The molecule has 2 aromatic rings. The van der Waals surface area contributed by atoms with Crippen molar-refractivity contribution in [3.8, 4) is 10.4 Å². The maximum Gasteiger partial charge on any atom is 0.124 e. The molecule has 0 atom stereocenters. The first-order valence-electron chi connectivity index (χ1n) is 6.26. The highest BCUT2D eigenvalue weighted by molar-refractivity contribution is 7.15. The van der Waals surface area contributed by atoms with E-state index >= 15 is 0 Å². The molecule has 0 saturated carbocycles. The molecule has 0 saturated heterocycles. The van der Waals surface area contributed by atoms with Gasteiger partial charge in [0.2, 0.25) is 0 Å². The van der Waals surface area contributed by atoms with Gasteiger partial charge < -0.3 is 5.32 Å². The first-order chi connectivity index (χ1) is 8.69. The first kappa shape index (κ1) is 13.2. The van der Waals surface area contributed by atoms with Gasteiger partial charge in [-0.1, -0.05) is 13.0 Å². The highest BCUT2D eigenvalue weighted by Crippen LogP contribution is 2.29. The van der Waals surface area contributed by atoms with E-state index in [2.05, 4.69) is 24.4 Å². The molecule has 0 bridgehead atoms. The van der Waals surface area contributed by atoms with E-state index in [1.54, 1.807) is 23.5 Å². The van der Waals surface area contributed by atoms with Crippen molar-refractivity contribution in [1.29, 1.82) is 0 Å². The summed E-state index contributed by atoms with van der Waals surface area (Å²) in [5, 5.41) is 3.38. The van der Waals surface area contributed by atoms with Crippen LogP contribution in [0.3, 0.4) is 0 Å². The van der Waals surface area contributed by atoms with Crippen LogP contribution in [0.1, 0.15) is 23.8 Å². The minimum absolute atomic E-state index is 0.163. The molecule has 0 amide bonds. The topological polar surface area (TPSA) is 12.0 Å². The van der Waals surface area contributed by atoms with Crippen LogP contribution in [0.15, 0.2) is 30.3 Å². The number of thiophene rings is 1. The summed E-state index contributed by atoms with van der Waals surface area (Å²) < 4.78 is 13.4. The second kappa shape index (κ2) is 6.12. The lowest BCUT2D eigenvalue weighted by Gasteiger charge is -2.01. The molecule has 0 aliphatic rings. The van der Waals surface area contributed by atoms with E-state index in [1.165, 1.54) is 4.88 Å². The molecule has 0 unspecified atom stereocenters. The second-order valence-electron chi connectivity index (χ2n) is 4.46. The van der Waals surface area contributed by atoms with Gasteiger partial charge in [-0.2, -0.15) is 0 Å². The average Bonchev–Trinajstić information content (AvgIpc) is 2.77. The molecule has 1 nitrogen and oxygen atoms in total. The number of benzene rings is 1. The Morgan fingerprint density at radius 2 is 2.06 bits per heavy atom. The molecule has 0 fully saturated rings. The quantitative estimate of drug-likeness (QED) is 0.790. The largest absolute Gasteiger partial charge is 0.312 e. The predicted octanol–water partition coefficient (Wildman–Crippen LogP) is 4.36. The zero-order chi connectivity index (χ0) is 13.0. The van der Waals surface area contributed by atoms with E-state index in [4.69, 9.17) is 0 Å². The van der Waals surface area contributed by atoms with Crippen molar-refractivity contribution in [2.75, 3.05) is 6.54 Å². The number of halogens is 1. The Morgan fingerprint density at radius 1 is 1.22 bits per heavy atom. The summed E-state index contributed by atoms with van der Waals surface area (Å²) in [5.74, 6) is -0.163. The summed E-state index contributed by atoms with van der Waals surface area (Å²) >= 11 is 1.72. The number of hydrogen-bond acceptors (Lipinski definition) is 2. The van der Waals surface area contributed by atoms with Crippen LogP contribution in [-0.4, -0.2) is 6.54 Å². The average molecular weight is 263 g/mol. The van der Waals surface area contributed by atoms with E-state index in [0.29, 0.717) is 0 Å². The smallest absolute Gasteiger partial charge is 0.124 e. The van der Waals surface area contributed by atoms with Crippen molar-refractivity contribution in [3.05, 3.63) is 46.6 Å². The van der Waals surface area contributed by atoms with Crippen LogP contribution in [0, 0.1) is 12.7 Å². The Balaban J connectivity index is 2.13. The SMILES string of the molecule is CCCNCc1ccc(-c2cc(C)cc(F)c2)s1. The molecule has 2 rings (SSSR count). The summed E-state index contributed by atoms with van der Waals surface area (Å²) in [6, 6.07) is 9.37. The molecule has 0 spiro atoms. The van der Waals surface area contributed by atoms with Crippen molar-refractivity contribution in [2.24, 2.45) is 0 Å². The summed E-state index contributed by atoms with van der Waals surface area (Å²) in [7, 11) is 0. The van der Waals surface area contributed by atoms with Crippen molar-refractivity contribution in [2.45, 2.75) is 26.8 Å². The fraction of sp³-hybridized carbons (Fsp3) is 0.333. The molecule has 0 aliphatic carbocycles. The fourth-order valence-corrected chi connectivity index (χ4v) is 2.86. The van der Waals surface area contributed by atoms with Crippen molar-refractivity contribution in [3.63, 3.8) is 0 Å². The second-order valence-corrected chi connectivity index (χ2v) is 5.63. The Labute approximate surface area is 112 Å². The standard InChI is InChI=1S/C15H18FNS/c1-3-6-17-10-14-4-5-15(18-14)12-7-11(2)8-13(16)9-12/h4-5,7-9,17H,3,6,10H2,1-2H3. The molecular weight excluding hydrogens is 245 g/mol. The lowest BCUT2D eigenvalue weighted by molar-refractivity contribution is 0.627. The van der Waals surface area contributed by atoms with Crippen molar-refractivity contribution in [1.82, 2.24) is 5.32 Å². The lowest BCUT2D eigenvalue weighted by Crippen LogP contribution is -2.12. The molecule has 0 aliphatic heterocycles. The number of aryl methyl sites for hydroxylation is 1. The third kappa shape index (κ3) is 3.40. The minimum Gasteiger partial charge on any atom is -0.312 e. The molecule has 18 heavy (non-hydrogen) atoms. The van der Waals surface area contributed by atoms with Gasteiger partial charge in [0.1, 0.15) is 5.82 Å². The van der Waals surface area contributed by atoms with Crippen LogP contribution in [0.2, 0.25) is 0 Å². The molecule has 3 heteroatoms. The van der Waals surface area contributed by atoms with Gasteiger partial charge in [0.25, 0.3) is 0 Å². The highest BCUT2D eigenvalue weighted by atomic mass is 32.1. The third-order valence-corrected chi connectivity index (χ3v) is 3.85. The van der Waals surface area contributed by atoms with Crippen LogP contribution in [0.4, 0.5) is 4.39 Å². The number of nitrogens with one attached hydrogen (secondary N) is 1. The van der Waals surface area contributed by atoms with Crippen molar-refractivity contribution < 1.29 is 4.39 Å². The van der Waals surface area contributed by atoms with E-state index in [1.807, 2.05) is 13.0 Å². The van der Waals surface area contributed by atoms with E-state index < -0.39 is 0 Å². The predicted molar refractivity (Wildman–Crippen MR) is 76.4 cm³/mol. The molecule has 96 valence electrons. The summed E-state index contributed by atoms with van der Waals surface area (Å²) in [6.07, 6.45) is 1.14. The fourth-order valence-electron chi connectivity index (χ4n) is 1.90. The highest BCUT2D eigenvalue weighted by Gasteiger charge is 2.05. The zero-order valence-electron chi connectivity index (χ0n) is 10.8. The summed E-state index contributed by atoms with van der Waals surface area (Å²) in [5.41, 5.74) is 1.93. The van der Waals surface area contributed by atoms with Gasteiger partial charge in [0, 0.05) is 16.3 Å². The Bertz CT molecular complexity index is 499. The molecule has 0 radical (unpaired) electrons. The van der Waals surface area contributed by atoms with Gasteiger partial charge in [-0.25, -0.2) is 4.39 Å². The maximum atomic E-state index is 13.4. The first-order valence-corrected chi connectivity index (χ1v) is 7.07. The van der Waals surface area contributed by atoms with E-state index in [-0.39, 0.29) is 5.82 Å². The number of rotatable bonds is 5. The van der Waals surface area contributed by atoms with Gasteiger partial charge in [-0.3, -0.25) is 0 Å². The van der Waals surface area contributed by atoms with Gasteiger partial charge in [0.05, 0.1) is 0 Å². The van der Waals surface area contributed by atoms with Crippen LogP contribution in [0.25, 0.3) is 10.4 Å². The van der Waals surface area contributed by atoms with Crippen LogP contribution >= 0.6 is 11.3 Å². The number of hydrogen-bond donors (Lipinski definition) is 1. The molecule has 1 heterocycles. The normalized spacial score (nSPS) is 10.8. The van der Waals surface area contributed by atoms with Crippen LogP contribution in [-0.2, 0) is 6.54 Å². The van der Waals surface area contributed by atoms with Crippen molar-refractivity contribution >= 4 is 11.3 Å². The Hall–Kier alpha value is -1.19. The molecule has 1 aromatic heterocycles. The Kier molecular flexibility index (Phi) is 4.50. The minimum atomic E-state index is -0.163. The third-order valence-electron chi connectivity index (χ3n) is 2.71. The molecule has 1 N–H and O–H groups in total. The van der Waals surface area contributed by atoms with Gasteiger partial charge in [-0.15, -0.1) is 11.3 Å². The summed E-state index contributed by atoms with van der Waals surface area (Å²) in [4.78, 5) is 2.42. The van der Waals surface area contributed by atoms with E-state index in [0.717, 1.165) is 35.5 Å². The van der Waals surface area contributed by atoms with Crippen LogP contribution in [0.5, 0.6) is 0 Å². The van der Waals surface area contributed by atoms with Gasteiger partial charge in [0.15, 0.2) is 0 Å². The van der Waals surface area contributed by atoms with Crippen LogP contribution < -0.4 is 5.32 Å². The summed E-state index contributed by atoms with van der Waals surface area (Å²) in [6.45, 7) is 6.01. The van der Waals surface area contributed by atoms with E-state index in [9.17, 15) is 4.39 Å². The zero-order valence-corrected chi connectivity index (χ0v) is 11.6. The van der Waals surface area contributed by atoms with Gasteiger partial charge >= 0.3 is 0 Å². The lowest BCUT2D eigenvalue weighted by atomic mass is 10.1. The monoisotopic (exact) mass is 263 g/mol. The Morgan fingerprint density at radius 3 is 2.78 bits per heavy atom. The molecule has 1 aromatic carbocycles. The maximum absolute atomic E-state index is 13.4. The molecular formula is C15H18FNS. The van der Waals surface area contributed by atoms with Gasteiger partial charge in [-0.05, 0) is 55.3 Å².